The number of methoxy groups -OCH3 is 1. The first-order valence-corrected chi connectivity index (χ1v) is 13.4. The molecule has 3 unspecified atom stereocenters. The van der Waals surface area contributed by atoms with Gasteiger partial charge in [-0.1, -0.05) is 31.4 Å². The maximum Gasteiger partial charge on any atom is 0.305 e. The Hall–Kier alpha value is -0.980. The molecule has 0 aromatic carbocycles. The lowest BCUT2D eigenvalue weighted by molar-refractivity contribution is -0.196. The fourth-order valence-corrected chi connectivity index (χ4v) is 6.08. The first-order chi connectivity index (χ1) is 16.0. The minimum Gasteiger partial charge on any atom is -0.469 e. The van der Waals surface area contributed by atoms with Crippen molar-refractivity contribution in [2.24, 2.45) is 17.8 Å². The Morgan fingerprint density at radius 3 is 2.85 bits per heavy atom. The number of aliphatic hydroxyl groups excluding tert-OH is 1. The van der Waals surface area contributed by atoms with Gasteiger partial charge >= 0.3 is 5.97 Å². The third kappa shape index (κ3) is 8.03. The first kappa shape index (κ1) is 26.6. The number of carbonyl (C=O) groups is 1. The van der Waals surface area contributed by atoms with Crippen molar-refractivity contribution >= 4 is 5.97 Å². The minimum absolute atomic E-state index is 0.109. The summed E-state index contributed by atoms with van der Waals surface area (Å²) in [6.07, 6.45) is 12.4. The van der Waals surface area contributed by atoms with E-state index in [0.717, 1.165) is 77.2 Å². The molecule has 0 amide bonds. The summed E-state index contributed by atoms with van der Waals surface area (Å²) in [5, 5.41) is 10.4. The van der Waals surface area contributed by atoms with Crippen LogP contribution >= 0.6 is 0 Å². The van der Waals surface area contributed by atoms with Gasteiger partial charge in [-0.3, -0.25) is 4.79 Å². The fraction of sp³-hybridized carbons (Fsp3) is 0.889. The maximum absolute atomic E-state index is 14.4. The van der Waals surface area contributed by atoms with Crippen LogP contribution in [-0.2, 0) is 19.0 Å². The largest absolute Gasteiger partial charge is 0.469 e. The molecular formula is C27H45FO5. The van der Waals surface area contributed by atoms with E-state index in [1.54, 1.807) is 0 Å². The maximum atomic E-state index is 14.4. The highest BCUT2D eigenvalue weighted by atomic mass is 19.1. The standard InChI is InChI=1S/C27H45FO5/c1-3-4-10-23(28)24(29)14-13-21-22-17-19(9-5-6-11-26(30)31-2)16-20(22)18-25(21)33-27-12-7-8-15-32-27/h9,20-25,27,29H,3-8,10-18H2,1-2H3/b19-9+/t20-,21+,22-,23?,24?,25+,27?/m0/s1. The van der Waals surface area contributed by atoms with Crippen molar-refractivity contribution in [2.75, 3.05) is 13.7 Å². The predicted octanol–water partition coefficient (Wildman–Crippen LogP) is 5.88. The number of unbranched alkanes of at least 4 members (excludes halogenated alkanes) is 2. The molecular weight excluding hydrogens is 423 g/mol. The molecule has 3 rings (SSSR count). The number of ether oxygens (including phenoxy) is 3. The summed E-state index contributed by atoms with van der Waals surface area (Å²) in [7, 11) is 1.43. The molecule has 0 bridgehead atoms. The van der Waals surface area contributed by atoms with E-state index in [2.05, 4.69) is 6.08 Å². The molecule has 1 aliphatic heterocycles. The second-order valence-corrected chi connectivity index (χ2v) is 10.3. The number of aliphatic hydroxyl groups is 1. The molecule has 1 N–H and O–H groups in total. The number of halogens is 1. The van der Waals surface area contributed by atoms with Crippen LogP contribution in [0.1, 0.15) is 96.8 Å². The van der Waals surface area contributed by atoms with E-state index >= 15 is 0 Å². The molecule has 0 aromatic rings. The number of hydrogen-bond donors (Lipinski definition) is 1. The molecule has 1 heterocycles. The Bertz CT molecular complexity index is 618. The molecule has 0 spiro atoms. The molecule has 3 fully saturated rings. The van der Waals surface area contributed by atoms with Gasteiger partial charge in [0.1, 0.15) is 6.17 Å². The zero-order valence-electron chi connectivity index (χ0n) is 20.7. The van der Waals surface area contributed by atoms with Crippen molar-refractivity contribution in [2.45, 2.75) is 121 Å². The quantitative estimate of drug-likeness (QED) is 0.208. The smallest absolute Gasteiger partial charge is 0.305 e. The molecule has 2 aliphatic carbocycles. The summed E-state index contributed by atoms with van der Waals surface area (Å²) in [5.41, 5.74) is 1.49. The third-order valence-corrected chi connectivity index (χ3v) is 7.95. The van der Waals surface area contributed by atoms with Crippen LogP contribution in [0.25, 0.3) is 0 Å². The van der Waals surface area contributed by atoms with Crippen molar-refractivity contribution in [3.05, 3.63) is 11.6 Å². The van der Waals surface area contributed by atoms with Crippen molar-refractivity contribution in [3.63, 3.8) is 0 Å². The predicted molar refractivity (Wildman–Crippen MR) is 126 cm³/mol. The van der Waals surface area contributed by atoms with Gasteiger partial charge in [0.05, 0.1) is 19.3 Å². The van der Waals surface area contributed by atoms with Crippen LogP contribution in [0.2, 0.25) is 0 Å². The number of hydrogen-bond acceptors (Lipinski definition) is 5. The van der Waals surface area contributed by atoms with Crippen molar-refractivity contribution in [1.82, 2.24) is 0 Å². The Kier molecular flexibility index (Phi) is 11.1. The molecule has 5 nitrogen and oxygen atoms in total. The Morgan fingerprint density at radius 2 is 2.12 bits per heavy atom. The second kappa shape index (κ2) is 13.8. The van der Waals surface area contributed by atoms with Gasteiger partial charge in [0.15, 0.2) is 6.29 Å². The van der Waals surface area contributed by atoms with Crippen LogP contribution in [0.3, 0.4) is 0 Å². The summed E-state index contributed by atoms with van der Waals surface area (Å²) in [6, 6.07) is 0. The number of carbonyl (C=O) groups excluding carboxylic acids is 1. The van der Waals surface area contributed by atoms with Crippen LogP contribution in [-0.4, -0.2) is 49.5 Å². The molecule has 6 heteroatoms. The lowest BCUT2D eigenvalue weighted by Crippen LogP contribution is -2.32. The van der Waals surface area contributed by atoms with Crippen LogP contribution < -0.4 is 0 Å². The van der Waals surface area contributed by atoms with Crippen LogP contribution in [0.4, 0.5) is 4.39 Å². The van der Waals surface area contributed by atoms with E-state index in [1.807, 2.05) is 6.92 Å². The zero-order chi connectivity index (χ0) is 23.6. The minimum atomic E-state index is -1.13. The summed E-state index contributed by atoms with van der Waals surface area (Å²) in [5.74, 6) is 1.32. The van der Waals surface area contributed by atoms with E-state index in [0.29, 0.717) is 37.0 Å². The number of rotatable bonds is 13. The summed E-state index contributed by atoms with van der Waals surface area (Å²) in [4.78, 5) is 11.3. The molecule has 0 radical (unpaired) electrons. The highest BCUT2D eigenvalue weighted by Gasteiger charge is 2.48. The lowest BCUT2D eigenvalue weighted by Gasteiger charge is -2.31. The normalized spacial score (nSPS) is 32.6. The average Bonchev–Trinajstić information content (AvgIpc) is 3.36. The number of alkyl halides is 1. The topological polar surface area (TPSA) is 65.0 Å². The van der Waals surface area contributed by atoms with Crippen LogP contribution in [0, 0.1) is 17.8 Å². The van der Waals surface area contributed by atoms with Gasteiger partial charge < -0.3 is 19.3 Å². The summed E-state index contributed by atoms with van der Waals surface area (Å²) >= 11 is 0. The number of esters is 1. The van der Waals surface area contributed by atoms with E-state index in [4.69, 9.17) is 14.2 Å². The van der Waals surface area contributed by atoms with E-state index in [9.17, 15) is 14.3 Å². The van der Waals surface area contributed by atoms with Crippen LogP contribution in [0.5, 0.6) is 0 Å². The highest BCUT2D eigenvalue weighted by Crippen LogP contribution is 2.53. The Balaban J connectivity index is 1.56. The van der Waals surface area contributed by atoms with E-state index in [-0.39, 0.29) is 18.4 Å². The van der Waals surface area contributed by atoms with Gasteiger partial charge in [0.2, 0.25) is 0 Å². The Morgan fingerprint density at radius 1 is 1.27 bits per heavy atom. The molecule has 7 atom stereocenters. The molecule has 0 aromatic heterocycles. The zero-order valence-corrected chi connectivity index (χ0v) is 20.7. The first-order valence-electron chi connectivity index (χ1n) is 13.4. The second-order valence-electron chi connectivity index (χ2n) is 10.3. The van der Waals surface area contributed by atoms with Crippen molar-refractivity contribution in [1.29, 1.82) is 0 Å². The van der Waals surface area contributed by atoms with Gasteiger partial charge in [-0.05, 0) is 88.4 Å². The molecule has 190 valence electrons. The number of fused-ring (bicyclic) bond motifs is 1. The molecule has 2 saturated carbocycles. The highest BCUT2D eigenvalue weighted by molar-refractivity contribution is 5.69. The third-order valence-electron chi connectivity index (χ3n) is 7.95. The van der Waals surface area contributed by atoms with E-state index in [1.165, 1.54) is 12.7 Å². The van der Waals surface area contributed by atoms with Crippen LogP contribution in [0.15, 0.2) is 11.6 Å². The average molecular weight is 469 g/mol. The molecule has 1 saturated heterocycles. The monoisotopic (exact) mass is 468 g/mol. The van der Waals surface area contributed by atoms with Gasteiger partial charge in [-0.25, -0.2) is 4.39 Å². The van der Waals surface area contributed by atoms with Gasteiger partial charge in [-0.15, -0.1) is 0 Å². The van der Waals surface area contributed by atoms with Gasteiger partial charge in [-0.2, -0.15) is 0 Å². The molecule has 3 aliphatic rings. The van der Waals surface area contributed by atoms with Crippen molar-refractivity contribution in [3.8, 4) is 0 Å². The molecule has 33 heavy (non-hydrogen) atoms. The lowest BCUT2D eigenvalue weighted by atomic mass is 9.86. The van der Waals surface area contributed by atoms with E-state index < -0.39 is 12.3 Å². The van der Waals surface area contributed by atoms with Gasteiger partial charge in [0, 0.05) is 13.0 Å². The number of allylic oxidation sites excluding steroid dienone is 2. The van der Waals surface area contributed by atoms with Gasteiger partial charge in [0.25, 0.3) is 0 Å². The summed E-state index contributed by atoms with van der Waals surface area (Å²) in [6.45, 7) is 2.82. The Labute approximate surface area is 199 Å². The summed E-state index contributed by atoms with van der Waals surface area (Å²) < 4.78 is 31.4. The fourth-order valence-electron chi connectivity index (χ4n) is 6.08. The van der Waals surface area contributed by atoms with Crippen molar-refractivity contribution < 1.29 is 28.5 Å². The SMILES string of the molecule is CCCCC(F)C(O)CC[C@@H]1[C@H]2C/C(=C/CCCC(=O)OC)C[C@H]2C[C@H]1OC1CCCCO1.